The number of H-pyrrole nitrogens is 1. The van der Waals surface area contributed by atoms with Crippen LogP contribution in [0.5, 0.6) is 0 Å². The van der Waals surface area contributed by atoms with Crippen molar-refractivity contribution in [3.05, 3.63) is 63.6 Å². The molecule has 1 aromatic carbocycles. The minimum Gasteiger partial charge on any atom is -0.384 e. The molecule has 1 aromatic heterocycles. The van der Waals surface area contributed by atoms with Gasteiger partial charge < -0.3 is 15.4 Å². The van der Waals surface area contributed by atoms with Crippen molar-refractivity contribution < 1.29 is 9.90 Å². The summed E-state index contributed by atoms with van der Waals surface area (Å²) in [6, 6.07) is 9.67. The molecule has 3 N–H and O–H groups in total. The molecule has 0 aliphatic heterocycles. The van der Waals surface area contributed by atoms with Crippen LogP contribution in [0.3, 0.4) is 0 Å². The van der Waals surface area contributed by atoms with Crippen LogP contribution in [-0.2, 0) is 0 Å². The number of aryl methyl sites for hydroxylation is 1. The van der Waals surface area contributed by atoms with Gasteiger partial charge in [-0.15, -0.1) is 0 Å². The van der Waals surface area contributed by atoms with Crippen molar-refractivity contribution in [1.82, 2.24) is 4.98 Å². The molecule has 5 nitrogen and oxygen atoms in total. The van der Waals surface area contributed by atoms with E-state index in [4.69, 9.17) is 5.11 Å². The van der Waals surface area contributed by atoms with Gasteiger partial charge in [0.2, 0.25) is 5.56 Å². The molecule has 0 aliphatic rings. The minimum atomic E-state index is -0.405. The molecule has 5 heteroatoms. The standard InChI is InChI=1S/C16H14N2O3/c1-11-7-8-13(10-12(11)4-3-9-19)17-16(21)14-5-2-6-15(20)18-14/h2,5-8,10,19H,9H2,1H3,(H,17,21)(H,18,20). The first-order valence-electron chi connectivity index (χ1n) is 6.31. The number of hydrogen-bond acceptors (Lipinski definition) is 3. The number of pyridine rings is 1. The average Bonchev–Trinajstić information content (AvgIpc) is 2.47. The molecular formula is C16H14N2O3. The van der Waals surface area contributed by atoms with Crippen molar-refractivity contribution in [2.75, 3.05) is 11.9 Å². The molecule has 0 spiro atoms. The van der Waals surface area contributed by atoms with Gasteiger partial charge in [0.15, 0.2) is 0 Å². The second kappa shape index (κ2) is 6.55. The van der Waals surface area contributed by atoms with E-state index >= 15 is 0 Å². The van der Waals surface area contributed by atoms with E-state index in [2.05, 4.69) is 22.1 Å². The van der Waals surface area contributed by atoms with E-state index < -0.39 is 5.91 Å². The third kappa shape index (κ3) is 3.81. The van der Waals surface area contributed by atoms with E-state index in [-0.39, 0.29) is 17.9 Å². The van der Waals surface area contributed by atoms with Crippen LogP contribution < -0.4 is 10.9 Å². The van der Waals surface area contributed by atoms with Crippen LogP contribution in [0.1, 0.15) is 21.6 Å². The topological polar surface area (TPSA) is 82.2 Å². The van der Waals surface area contributed by atoms with E-state index in [0.717, 1.165) is 11.1 Å². The van der Waals surface area contributed by atoms with Crippen molar-refractivity contribution >= 4 is 11.6 Å². The number of aromatic nitrogens is 1. The third-order valence-corrected chi connectivity index (χ3v) is 2.81. The van der Waals surface area contributed by atoms with Crippen molar-refractivity contribution in [2.24, 2.45) is 0 Å². The number of aliphatic hydroxyl groups is 1. The van der Waals surface area contributed by atoms with Gasteiger partial charge in [-0.25, -0.2) is 0 Å². The number of amides is 1. The van der Waals surface area contributed by atoms with Crippen LogP contribution in [0.2, 0.25) is 0 Å². The highest BCUT2D eigenvalue weighted by Gasteiger charge is 2.07. The van der Waals surface area contributed by atoms with Gasteiger partial charge in [0.25, 0.3) is 5.91 Å². The highest BCUT2D eigenvalue weighted by molar-refractivity contribution is 6.02. The van der Waals surface area contributed by atoms with Crippen LogP contribution >= 0.6 is 0 Å². The zero-order valence-corrected chi connectivity index (χ0v) is 11.4. The lowest BCUT2D eigenvalue weighted by Crippen LogP contribution is -2.17. The summed E-state index contributed by atoms with van der Waals surface area (Å²) in [6.45, 7) is 1.67. The number of benzene rings is 1. The molecule has 0 aliphatic carbocycles. The minimum absolute atomic E-state index is 0.186. The van der Waals surface area contributed by atoms with E-state index in [1.807, 2.05) is 13.0 Å². The molecule has 2 aromatic rings. The molecule has 0 bridgehead atoms. The Bertz CT molecular complexity index is 782. The summed E-state index contributed by atoms with van der Waals surface area (Å²) in [6.07, 6.45) is 0. The Hall–Kier alpha value is -2.84. The highest BCUT2D eigenvalue weighted by atomic mass is 16.2. The van der Waals surface area contributed by atoms with Crippen LogP contribution in [-0.4, -0.2) is 22.6 Å². The summed E-state index contributed by atoms with van der Waals surface area (Å²) in [7, 11) is 0. The van der Waals surface area contributed by atoms with Crippen molar-refractivity contribution in [3.8, 4) is 11.8 Å². The first-order chi connectivity index (χ1) is 10.1. The number of anilines is 1. The van der Waals surface area contributed by atoms with Gasteiger partial charge in [0.1, 0.15) is 12.3 Å². The highest BCUT2D eigenvalue weighted by Crippen LogP contribution is 2.15. The number of carbonyl (C=O) groups is 1. The predicted octanol–water partition coefficient (Wildman–Crippen LogP) is 1.28. The van der Waals surface area contributed by atoms with Crippen LogP contribution in [0.4, 0.5) is 5.69 Å². The fourth-order valence-corrected chi connectivity index (χ4v) is 1.75. The number of carbonyl (C=O) groups excluding carboxylic acids is 1. The summed E-state index contributed by atoms with van der Waals surface area (Å²) in [5, 5.41) is 11.4. The maximum atomic E-state index is 12.0. The summed E-state index contributed by atoms with van der Waals surface area (Å²) >= 11 is 0. The third-order valence-electron chi connectivity index (χ3n) is 2.81. The lowest BCUT2D eigenvalue weighted by molar-refractivity contribution is 0.102. The zero-order valence-electron chi connectivity index (χ0n) is 11.4. The average molecular weight is 282 g/mol. The van der Waals surface area contributed by atoms with Crippen LogP contribution in [0.25, 0.3) is 0 Å². The second-order valence-electron chi connectivity index (χ2n) is 4.37. The van der Waals surface area contributed by atoms with E-state index in [0.29, 0.717) is 5.69 Å². The van der Waals surface area contributed by atoms with Gasteiger partial charge in [0, 0.05) is 17.3 Å². The number of nitrogens with one attached hydrogen (secondary N) is 2. The van der Waals surface area contributed by atoms with Crippen molar-refractivity contribution in [2.45, 2.75) is 6.92 Å². The molecule has 1 heterocycles. The Morgan fingerprint density at radius 1 is 1.33 bits per heavy atom. The molecule has 0 saturated heterocycles. The first kappa shape index (κ1) is 14.6. The van der Waals surface area contributed by atoms with E-state index in [9.17, 15) is 9.59 Å². The Morgan fingerprint density at radius 3 is 2.86 bits per heavy atom. The van der Waals surface area contributed by atoms with Gasteiger partial charge in [-0.1, -0.05) is 24.0 Å². The van der Waals surface area contributed by atoms with E-state index in [1.54, 1.807) is 12.1 Å². The van der Waals surface area contributed by atoms with Crippen molar-refractivity contribution in [3.63, 3.8) is 0 Å². The summed E-state index contributed by atoms with van der Waals surface area (Å²) in [5.41, 5.74) is 2.09. The van der Waals surface area contributed by atoms with Gasteiger partial charge in [-0.05, 0) is 30.7 Å². The van der Waals surface area contributed by atoms with Gasteiger partial charge in [0.05, 0.1) is 0 Å². The number of rotatable bonds is 2. The zero-order chi connectivity index (χ0) is 15.2. The van der Waals surface area contributed by atoms with Gasteiger partial charge in [-0.2, -0.15) is 0 Å². The quantitative estimate of drug-likeness (QED) is 0.726. The van der Waals surface area contributed by atoms with Gasteiger partial charge >= 0.3 is 0 Å². The number of aromatic amines is 1. The fraction of sp³-hybridized carbons (Fsp3) is 0.125. The summed E-state index contributed by atoms with van der Waals surface area (Å²) in [4.78, 5) is 25.7. The fourth-order valence-electron chi connectivity index (χ4n) is 1.75. The molecule has 0 radical (unpaired) electrons. The Morgan fingerprint density at radius 2 is 2.14 bits per heavy atom. The monoisotopic (exact) mass is 282 g/mol. The van der Waals surface area contributed by atoms with E-state index in [1.165, 1.54) is 18.2 Å². The Kier molecular flexibility index (Phi) is 4.54. The van der Waals surface area contributed by atoms with Crippen LogP contribution in [0.15, 0.2) is 41.2 Å². The van der Waals surface area contributed by atoms with Gasteiger partial charge in [-0.3, -0.25) is 9.59 Å². The molecule has 1 amide bonds. The maximum absolute atomic E-state index is 12.0. The SMILES string of the molecule is Cc1ccc(NC(=O)c2cccc(=O)[nH]2)cc1C#CCO. The smallest absolute Gasteiger partial charge is 0.272 e. The summed E-state index contributed by atoms with van der Waals surface area (Å²) in [5.74, 6) is 4.98. The molecule has 0 unspecified atom stereocenters. The Balaban J connectivity index is 2.23. The lowest BCUT2D eigenvalue weighted by Gasteiger charge is -2.07. The first-order valence-corrected chi connectivity index (χ1v) is 6.31. The van der Waals surface area contributed by atoms with Crippen molar-refractivity contribution in [1.29, 1.82) is 0 Å². The largest absolute Gasteiger partial charge is 0.384 e. The molecule has 0 atom stereocenters. The molecule has 0 saturated carbocycles. The lowest BCUT2D eigenvalue weighted by atomic mass is 10.1. The summed E-state index contributed by atoms with van der Waals surface area (Å²) < 4.78 is 0. The molecule has 106 valence electrons. The molecular weight excluding hydrogens is 268 g/mol. The number of hydrogen-bond donors (Lipinski definition) is 3. The molecule has 0 fully saturated rings. The normalized spacial score (nSPS) is 9.62. The molecule has 21 heavy (non-hydrogen) atoms. The van der Waals surface area contributed by atoms with Crippen LogP contribution in [0, 0.1) is 18.8 Å². The Labute approximate surface area is 121 Å². The second-order valence-corrected chi connectivity index (χ2v) is 4.37. The maximum Gasteiger partial charge on any atom is 0.272 e. The molecule has 2 rings (SSSR count). The predicted molar refractivity (Wildman–Crippen MR) is 80.2 cm³/mol. The number of aliphatic hydroxyl groups excluding tert-OH is 1.